The summed E-state index contributed by atoms with van der Waals surface area (Å²) in [6.45, 7) is 3.28. The maximum absolute atomic E-state index is 13.6. The van der Waals surface area contributed by atoms with Crippen LogP contribution in [0, 0.1) is 11.3 Å². The van der Waals surface area contributed by atoms with E-state index in [1.165, 1.54) is 0 Å². The number of nitrogens with zero attached hydrogens (tertiary/aromatic N) is 7. The number of rotatable bonds is 8. The molecule has 5 heterocycles. The molecule has 9 nitrogen and oxygen atoms in total. The van der Waals surface area contributed by atoms with Gasteiger partial charge in [-0.3, -0.25) is 14.7 Å². The van der Waals surface area contributed by atoms with E-state index in [2.05, 4.69) is 36.2 Å². The summed E-state index contributed by atoms with van der Waals surface area (Å²) in [6, 6.07) is 9.30. The first-order valence-corrected chi connectivity index (χ1v) is 12.2. The van der Waals surface area contributed by atoms with Crippen molar-refractivity contribution < 1.29 is 9.18 Å². The maximum atomic E-state index is 13.6. The minimum absolute atomic E-state index is 0.173. The molecule has 0 aliphatic carbocycles. The number of hydrogen-bond acceptors (Lipinski definition) is 9. The lowest BCUT2D eigenvalue weighted by atomic mass is 10.1. The van der Waals surface area contributed by atoms with Gasteiger partial charge in [-0.15, -0.1) is 0 Å². The summed E-state index contributed by atoms with van der Waals surface area (Å²) in [5, 5.41) is 12.8. The molecule has 3 aromatic rings. The van der Waals surface area contributed by atoms with Gasteiger partial charge >= 0.3 is 0 Å². The lowest BCUT2D eigenvalue weighted by molar-refractivity contribution is -0.119. The largest absolute Gasteiger partial charge is 0.352 e. The molecule has 0 bridgehead atoms. The Morgan fingerprint density at radius 2 is 2.00 bits per heavy atom. The molecule has 1 atom stereocenters. The molecule has 3 aromatic heterocycles. The van der Waals surface area contributed by atoms with E-state index in [1.54, 1.807) is 35.6 Å². The van der Waals surface area contributed by atoms with Gasteiger partial charge in [-0.1, -0.05) is 0 Å². The summed E-state index contributed by atoms with van der Waals surface area (Å²) < 4.78 is 13.6. The number of Topliss-reactive ketones (excluding diaryl/α,β-unsaturated/α-hetero) is 1. The molecule has 2 aliphatic rings. The Morgan fingerprint density at radius 3 is 2.72 bits per heavy atom. The summed E-state index contributed by atoms with van der Waals surface area (Å²) in [7, 11) is 0. The lowest BCUT2D eigenvalue weighted by Gasteiger charge is -2.18. The predicted molar refractivity (Wildman–Crippen MR) is 134 cm³/mol. The fourth-order valence-electron chi connectivity index (χ4n) is 4.60. The Morgan fingerprint density at radius 1 is 1.14 bits per heavy atom. The number of ketones is 1. The van der Waals surface area contributed by atoms with Crippen molar-refractivity contribution in [3.8, 4) is 17.3 Å². The lowest BCUT2D eigenvalue weighted by Crippen LogP contribution is -2.27. The summed E-state index contributed by atoms with van der Waals surface area (Å²) in [4.78, 5) is 34.0. The van der Waals surface area contributed by atoms with Crippen LogP contribution in [0.25, 0.3) is 11.3 Å². The monoisotopic (exact) mass is 486 g/mol. The number of carbonyl (C=O) groups excluding carboxylic acids is 1. The van der Waals surface area contributed by atoms with E-state index in [0.717, 1.165) is 31.6 Å². The molecule has 2 saturated heterocycles. The van der Waals surface area contributed by atoms with Crippen molar-refractivity contribution in [1.29, 1.82) is 5.26 Å². The third-order valence-corrected chi connectivity index (χ3v) is 6.43. The minimum Gasteiger partial charge on any atom is -0.352 e. The number of carbonyl (C=O) groups is 1. The van der Waals surface area contributed by atoms with Crippen molar-refractivity contribution in [2.75, 3.05) is 42.9 Å². The number of hydrogen-bond donors (Lipinski definition) is 1. The molecular formula is C26H27FN8O. The molecule has 2 fully saturated rings. The Bertz CT molecular complexity index is 1270. The standard InChI is InChI=1S/C26H27FN8O/c27-20-6-10-35(16-20)25-18(13-28)11-19(14-31-25)24-5-7-29-26(33-24)32-22-4-3-21(30-15-22)12-23(36)17-34-8-1-2-9-34/h3-5,7,11,14-15,20H,1-2,6,8-10,12,16-17H2,(H,29,32,33)/t20-/m0/s1. The highest BCUT2D eigenvalue weighted by molar-refractivity contribution is 5.82. The van der Waals surface area contributed by atoms with Crippen molar-refractivity contribution in [3.05, 3.63) is 54.1 Å². The predicted octanol–water partition coefficient (Wildman–Crippen LogP) is 3.30. The van der Waals surface area contributed by atoms with Gasteiger partial charge in [-0.2, -0.15) is 5.26 Å². The van der Waals surface area contributed by atoms with Gasteiger partial charge in [-0.25, -0.2) is 19.3 Å². The van der Waals surface area contributed by atoms with E-state index in [-0.39, 0.29) is 12.3 Å². The van der Waals surface area contributed by atoms with Gasteiger partial charge < -0.3 is 10.2 Å². The van der Waals surface area contributed by atoms with Gasteiger partial charge in [-0.05, 0) is 56.6 Å². The zero-order valence-corrected chi connectivity index (χ0v) is 19.9. The van der Waals surface area contributed by atoms with Crippen molar-refractivity contribution in [1.82, 2.24) is 24.8 Å². The van der Waals surface area contributed by atoms with E-state index in [4.69, 9.17) is 0 Å². The maximum Gasteiger partial charge on any atom is 0.227 e. The molecule has 10 heteroatoms. The number of pyridine rings is 2. The second-order valence-corrected chi connectivity index (χ2v) is 9.17. The molecule has 0 aromatic carbocycles. The molecule has 36 heavy (non-hydrogen) atoms. The van der Waals surface area contributed by atoms with Crippen molar-refractivity contribution >= 4 is 23.2 Å². The number of nitrogens with one attached hydrogen (secondary N) is 1. The van der Waals surface area contributed by atoms with Gasteiger partial charge in [0.2, 0.25) is 5.95 Å². The number of alkyl halides is 1. The van der Waals surface area contributed by atoms with E-state index in [1.807, 2.05) is 12.1 Å². The Balaban J connectivity index is 1.24. The van der Waals surface area contributed by atoms with Gasteiger partial charge in [0.15, 0.2) is 5.78 Å². The number of likely N-dealkylation sites (tertiary alicyclic amines) is 1. The Labute approximate surface area is 209 Å². The molecule has 184 valence electrons. The first-order valence-electron chi connectivity index (χ1n) is 12.2. The summed E-state index contributed by atoms with van der Waals surface area (Å²) in [5.74, 6) is 1.04. The first kappa shape index (κ1) is 23.8. The van der Waals surface area contributed by atoms with Crippen LogP contribution in [0.15, 0.2) is 42.9 Å². The summed E-state index contributed by atoms with van der Waals surface area (Å²) in [6.07, 6.45) is 7.11. The Kier molecular flexibility index (Phi) is 7.09. The van der Waals surface area contributed by atoms with Crippen LogP contribution in [0.4, 0.5) is 21.8 Å². The molecule has 2 aliphatic heterocycles. The van der Waals surface area contributed by atoms with Gasteiger partial charge in [0, 0.05) is 30.2 Å². The highest BCUT2D eigenvalue weighted by Crippen LogP contribution is 2.27. The average Bonchev–Trinajstić information content (AvgIpc) is 3.56. The molecule has 0 radical (unpaired) electrons. The van der Waals surface area contributed by atoms with Crippen LogP contribution < -0.4 is 10.2 Å². The Hall–Kier alpha value is -3.97. The van der Waals surface area contributed by atoms with Crippen molar-refractivity contribution in [2.45, 2.75) is 31.9 Å². The molecule has 0 unspecified atom stereocenters. The van der Waals surface area contributed by atoms with Crippen LogP contribution in [0.1, 0.15) is 30.5 Å². The quantitative estimate of drug-likeness (QED) is 0.513. The summed E-state index contributed by atoms with van der Waals surface area (Å²) >= 11 is 0. The number of nitriles is 1. The molecular weight excluding hydrogens is 459 g/mol. The molecule has 5 rings (SSSR count). The minimum atomic E-state index is -0.896. The fraction of sp³-hybridized carbons (Fsp3) is 0.385. The number of halogens is 1. The average molecular weight is 487 g/mol. The zero-order valence-electron chi connectivity index (χ0n) is 19.9. The van der Waals surface area contributed by atoms with E-state index in [0.29, 0.717) is 60.2 Å². The molecule has 1 N–H and O–H groups in total. The zero-order chi connectivity index (χ0) is 24.9. The summed E-state index contributed by atoms with van der Waals surface area (Å²) in [5.41, 5.74) is 3.08. The number of aromatic nitrogens is 4. The normalized spacial score (nSPS) is 17.8. The first-order chi connectivity index (χ1) is 17.6. The molecule has 0 saturated carbocycles. The third kappa shape index (κ3) is 5.63. The van der Waals surface area contributed by atoms with Crippen LogP contribution in [0.2, 0.25) is 0 Å². The SMILES string of the molecule is N#Cc1cc(-c2ccnc(Nc3ccc(CC(=O)CN4CCCC4)nc3)n2)cnc1N1CC[C@H](F)C1. The van der Waals surface area contributed by atoms with Gasteiger partial charge in [0.05, 0.1) is 42.7 Å². The highest BCUT2D eigenvalue weighted by Gasteiger charge is 2.25. The second-order valence-electron chi connectivity index (χ2n) is 9.17. The fourth-order valence-corrected chi connectivity index (χ4v) is 4.60. The molecule has 0 spiro atoms. The number of anilines is 3. The molecule has 0 amide bonds. The third-order valence-electron chi connectivity index (χ3n) is 6.43. The second kappa shape index (κ2) is 10.7. The van der Waals surface area contributed by atoms with Crippen molar-refractivity contribution in [2.24, 2.45) is 0 Å². The van der Waals surface area contributed by atoms with E-state index < -0.39 is 6.17 Å². The van der Waals surface area contributed by atoms with Crippen LogP contribution in [0.5, 0.6) is 0 Å². The smallest absolute Gasteiger partial charge is 0.227 e. The van der Waals surface area contributed by atoms with E-state index in [9.17, 15) is 14.4 Å². The van der Waals surface area contributed by atoms with Gasteiger partial charge in [0.25, 0.3) is 0 Å². The van der Waals surface area contributed by atoms with Crippen LogP contribution in [-0.2, 0) is 11.2 Å². The van der Waals surface area contributed by atoms with Gasteiger partial charge in [0.1, 0.15) is 18.1 Å². The topological polar surface area (TPSA) is 111 Å². The van der Waals surface area contributed by atoms with Crippen molar-refractivity contribution in [3.63, 3.8) is 0 Å². The van der Waals surface area contributed by atoms with Crippen LogP contribution >= 0.6 is 0 Å². The van der Waals surface area contributed by atoms with E-state index >= 15 is 0 Å². The van der Waals surface area contributed by atoms with Crippen LogP contribution in [-0.4, -0.2) is 69.5 Å². The highest BCUT2D eigenvalue weighted by atomic mass is 19.1. The van der Waals surface area contributed by atoms with Crippen LogP contribution in [0.3, 0.4) is 0 Å².